The highest BCUT2D eigenvalue weighted by atomic mass is 16.5. The van der Waals surface area contributed by atoms with Gasteiger partial charge in [0.2, 0.25) is 0 Å². The number of anilines is 1. The molecule has 0 aliphatic carbocycles. The molecular weight excluding hydrogens is 374 g/mol. The van der Waals surface area contributed by atoms with E-state index in [4.69, 9.17) is 9.47 Å². The number of carbonyl (C=O) groups is 1. The summed E-state index contributed by atoms with van der Waals surface area (Å²) in [5, 5.41) is 3.52. The molecule has 156 valence electrons. The number of rotatable bonds is 11. The molecule has 3 aromatic rings. The molecule has 0 amide bonds. The van der Waals surface area contributed by atoms with Crippen LogP contribution < -0.4 is 10.1 Å². The maximum absolute atomic E-state index is 12.5. The van der Waals surface area contributed by atoms with Gasteiger partial charge in [0.05, 0.1) is 19.8 Å². The number of ketones is 1. The number of hydrogen-bond donors (Lipinski definition) is 1. The Kier molecular flexibility index (Phi) is 8.04. The van der Waals surface area contributed by atoms with Crippen molar-refractivity contribution < 1.29 is 14.3 Å². The summed E-state index contributed by atoms with van der Waals surface area (Å²) in [4.78, 5) is 12.5. The van der Waals surface area contributed by atoms with Crippen molar-refractivity contribution in [3.05, 3.63) is 96.1 Å². The van der Waals surface area contributed by atoms with Gasteiger partial charge in [0, 0.05) is 5.69 Å². The average molecular weight is 404 g/mol. The first-order chi connectivity index (χ1) is 14.7. The zero-order chi connectivity index (χ0) is 21.2. The summed E-state index contributed by atoms with van der Waals surface area (Å²) < 4.78 is 11.4. The lowest BCUT2D eigenvalue weighted by molar-refractivity contribution is -0.130. The van der Waals surface area contributed by atoms with E-state index in [9.17, 15) is 4.79 Å². The van der Waals surface area contributed by atoms with Crippen molar-refractivity contribution in [2.24, 2.45) is 0 Å². The highest BCUT2D eigenvalue weighted by molar-refractivity contribution is 5.81. The number of hydrogen-bond acceptors (Lipinski definition) is 4. The molecule has 0 saturated carbocycles. The molecule has 4 nitrogen and oxygen atoms in total. The zero-order valence-electron chi connectivity index (χ0n) is 17.6. The predicted molar refractivity (Wildman–Crippen MR) is 121 cm³/mol. The topological polar surface area (TPSA) is 47.6 Å². The lowest BCUT2D eigenvalue weighted by atomic mass is 9.98. The maximum Gasteiger partial charge on any atom is 0.160 e. The second-order valence-electron chi connectivity index (χ2n) is 7.33. The highest BCUT2D eigenvalue weighted by Gasteiger charge is 2.26. The molecule has 0 bridgehead atoms. The number of methoxy groups -OCH3 is 1. The Morgan fingerprint density at radius 1 is 0.867 bits per heavy atom. The molecule has 0 aromatic heterocycles. The van der Waals surface area contributed by atoms with E-state index in [1.807, 2.05) is 72.8 Å². The SMILES string of the molecule is COc1ccc(N[C@H](CCc2ccccc2)[C@@H](OCc2ccccc2)C(C)=O)cc1. The molecule has 2 atom stereocenters. The van der Waals surface area contributed by atoms with Gasteiger partial charge in [0.1, 0.15) is 11.9 Å². The van der Waals surface area contributed by atoms with E-state index in [0.29, 0.717) is 6.61 Å². The van der Waals surface area contributed by atoms with E-state index in [0.717, 1.165) is 29.8 Å². The lowest BCUT2D eigenvalue weighted by Crippen LogP contribution is -2.41. The summed E-state index contributed by atoms with van der Waals surface area (Å²) in [6, 6.07) is 27.8. The Morgan fingerprint density at radius 2 is 1.47 bits per heavy atom. The van der Waals surface area contributed by atoms with E-state index in [1.165, 1.54) is 5.56 Å². The maximum atomic E-state index is 12.5. The summed E-state index contributed by atoms with van der Waals surface area (Å²) >= 11 is 0. The van der Waals surface area contributed by atoms with Gasteiger partial charge in [0.15, 0.2) is 5.78 Å². The number of ether oxygens (including phenoxy) is 2. The van der Waals surface area contributed by atoms with Gasteiger partial charge < -0.3 is 14.8 Å². The van der Waals surface area contributed by atoms with Gasteiger partial charge in [-0.1, -0.05) is 60.7 Å². The molecule has 0 heterocycles. The van der Waals surface area contributed by atoms with Crippen LogP contribution in [0, 0.1) is 0 Å². The third-order valence-corrected chi connectivity index (χ3v) is 5.07. The van der Waals surface area contributed by atoms with Gasteiger partial charge in [-0.05, 0) is 55.2 Å². The third kappa shape index (κ3) is 6.46. The molecule has 4 heteroatoms. The van der Waals surface area contributed by atoms with Crippen molar-refractivity contribution in [3.8, 4) is 5.75 Å². The van der Waals surface area contributed by atoms with Gasteiger partial charge in [0.25, 0.3) is 0 Å². The molecule has 0 fully saturated rings. The Hall–Kier alpha value is -3.11. The molecular formula is C26H29NO3. The normalized spacial score (nSPS) is 12.7. The fourth-order valence-electron chi connectivity index (χ4n) is 3.44. The molecule has 30 heavy (non-hydrogen) atoms. The molecule has 0 aliphatic heterocycles. The van der Waals surface area contributed by atoms with Crippen molar-refractivity contribution in [2.75, 3.05) is 12.4 Å². The fraction of sp³-hybridized carbons (Fsp3) is 0.269. The van der Waals surface area contributed by atoms with E-state index in [1.54, 1.807) is 14.0 Å². The first kappa shape index (κ1) is 21.6. The van der Waals surface area contributed by atoms with E-state index in [-0.39, 0.29) is 11.8 Å². The van der Waals surface area contributed by atoms with Crippen LogP contribution in [-0.4, -0.2) is 25.0 Å². The van der Waals surface area contributed by atoms with Crippen molar-refractivity contribution in [2.45, 2.75) is 38.5 Å². The van der Waals surface area contributed by atoms with Crippen LogP contribution in [0.4, 0.5) is 5.69 Å². The number of carbonyl (C=O) groups excluding carboxylic acids is 1. The van der Waals surface area contributed by atoms with Crippen LogP contribution in [0.1, 0.15) is 24.5 Å². The van der Waals surface area contributed by atoms with E-state index < -0.39 is 6.10 Å². The Labute approximate surface area is 178 Å². The summed E-state index contributed by atoms with van der Waals surface area (Å²) in [5.74, 6) is 0.815. The minimum absolute atomic E-state index is 0.0185. The largest absolute Gasteiger partial charge is 0.497 e. The van der Waals surface area contributed by atoms with Gasteiger partial charge in [-0.15, -0.1) is 0 Å². The van der Waals surface area contributed by atoms with E-state index >= 15 is 0 Å². The van der Waals surface area contributed by atoms with Crippen LogP contribution in [-0.2, 0) is 22.6 Å². The number of aryl methyl sites for hydroxylation is 1. The van der Waals surface area contributed by atoms with Crippen molar-refractivity contribution in [3.63, 3.8) is 0 Å². The van der Waals surface area contributed by atoms with E-state index in [2.05, 4.69) is 17.4 Å². The van der Waals surface area contributed by atoms with Gasteiger partial charge in [-0.2, -0.15) is 0 Å². The highest BCUT2D eigenvalue weighted by Crippen LogP contribution is 2.21. The van der Waals surface area contributed by atoms with Crippen LogP contribution in [0.5, 0.6) is 5.75 Å². The molecule has 1 N–H and O–H groups in total. The van der Waals surface area contributed by atoms with Crippen molar-refractivity contribution in [1.29, 1.82) is 0 Å². The average Bonchev–Trinajstić information content (AvgIpc) is 2.79. The number of Topliss-reactive ketones (excluding diaryl/α,β-unsaturated/α-hetero) is 1. The quantitative estimate of drug-likeness (QED) is 0.473. The fourth-order valence-corrected chi connectivity index (χ4v) is 3.44. The van der Waals surface area contributed by atoms with Crippen LogP contribution in [0.2, 0.25) is 0 Å². The van der Waals surface area contributed by atoms with Gasteiger partial charge in [-0.3, -0.25) is 4.79 Å². The van der Waals surface area contributed by atoms with Crippen LogP contribution in [0.25, 0.3) is 0 Å². The lowest BCUT2D eigenvalue weighted by Gasteiger charge is -2.28. The van der Waals surface area contributed by atoms with Crippen LogP contribution in [0.15, 0.2) is 84.9 Å². The third-order valence-electron chi connectivity index (χ3n) is 5.07. The van der Waals surface area contributed by atoms with Crippen molar-refractivity contribution >= 4 is 11.5 Å². The predicted octanol–water partition coefficient (Wildman–Crippen LogP) is 5.28. The smallest absolute Gasteiger partial charge is 0.160 e. The van der Waals surface area contributed by atoms with Crippen LogP contribution >= 0.6 is 0 Å². The van der Waals surface area contributed by atoms with Crippen molar-refractivity contribution in [1.82, 2.24) is 0 Å². The second-order valence-corrected chi connectivity index (χ2v) is 7.33. The molecule has 0 spiro atoms. The standard InChI is InChI=1S/C26H29NO3/c1-20(28)26(30-19-22-11-7-4-8-12-22)25(18-13-21-9-5-3-6-10-21)27-23-14-16-24(29-2)17-15-23/h3-12,14-17,25-27H,13,18-19H2,1-2H3/t25-,26+/m1/s1. The summed E-state index contributed by atoms with van der Waals surface area (Å²) in [6.07, 6.45) is 1.08. The van der Waals surface area contributed by atoms with Gasteiger partial charge >= 0.3 is 0 Å². The molecule has 0 aliphatic rings. The Balaban J connectivity index is 1.75. The molecule has 0 saturated heterocycles. The molecule has 3 aromatic carbocycles. The van der Waals surface area contributed by atoms with Crippen LogP contribution in [0.3, 0.4) is 0 Å². The Morgan fingerprint density at radius 3 is 2.03 bits per heavy atom. The summed E-state index contributed by atoms with van der Waals surface area (Å²) in [5.41, 5.74) is 3.22. The second kappa shape index (κ2) is 11.2. The zero-order valence-corrected chi connectivity index (χ0v) is 17.6. The molecule has 0 unspecified atom stereocenters. The first-order valence-corrected chi connectivity index (χ1v) is 10.3. The minimum Gasteiger partial charge on any atom is -0.497 e. The molecule has 0 radical (unpaired) electrons. The van der Waals surface area contributed by atoms with Gasteiger partial charge in [-0.25, -0.2) is 0 Å². The summed E-state index contributed by atoms with van der Waals surface area (Å²) in [6.45, 7) is 2.00. The number of benzene rings is 3. The first-order valence-electron chi connectivity index (χ1n) is 10.3. The number of nitrogens with one attached hydrogen (secondary N) is 1. The minimum atomic E-state index is -0.545. The molecule has 3 rings (SSSR count). The summed E-state index contributed by atoms with van der Waals surface area (Å²) in [7, 11) is 1.65. The Bertz CT molecular complexity index is 895. The monoisotopic (exact) mass is 403 g/mol.